The van der Waals surface area contributed by atoms with Gasteiger partial charge in [-0.1, -0.05) is 45.7 Å². The minimum Gasteiger partial charge on any atom is -0.489 e. The summed E-state index contributed by atoms with van der Waals surface area (Å²) in [6, 6.07) is 15.8. The molecule has 2 aromatic carbocycles. The molecule has 0 aliphatic carbocycles. The number of fused-ring (bicyclic) bond motifs is 1. The zero-order valence-corrected chi connectivity index (χ0v) is 13.8. The van der Waals surface area contributed by atoms with Crippen molar-refractivity contribution in [3.63, 3.8) is 0 Å². The zero-order valence-electron chi connectivity index (χ0n) is 11.4. The summed E-state index contributed by atoms with van der Waals surface area (Å²) in [6.45, 7) is 2.43. The number of aromatic nitrogens is 1. The van der Waals surface area contributed by atoms with Gasteiger partial charge in [0.15, 0.2) is 0 Å². The van der Waals surface area contributed by atoms with E-state index < -0.39 is 0 Å². The lowest BCUT2D eigenvalue weighted by Crippen LogP contribution is -1.98. The first-order valence-corrected chi connectivity index (χ1v) is 7.74. The summed E-state index contributed by atoms with van der Waals surface area (Å²) in [4.78, 5) is 4.40. The van der Waals surface area contributed by atoms with E-state index in [2.05, 4.69) is 20.9 Å². The molecule has 0 spiro atoms. The Balaban J connectivity index is 1.84. The van der Waals surface area contributed by atoms with Gasteiger partial charge in [-0.05, 0) is 42.8 Å². The van der Waals surface area contributed by atoms with Crippen LogP contribution in [0.15, 0.2) is 53.0 Å². The molecule has 0 bridgehead atoms. The second-order valence-electron chi connectivity index (χ2n) is 4.83. The normalized spacial score (nSPS) is 10.8. The zero-order chi connectivity index (χ0) is 14.8. The van der Waals surface area contributed by atoms with Gasteiger partial charge in [0.1, 0.15) is 17.5 Å². The van der Waals surface area contributed by atoms with E-state index in [1.807, 2.05) is 55.5 Å². The number of hydrogen-bond donors (Lipinski definition) is 0. The van der Waals surface area contributed by atoms with Crippen LogP contribution in [0.2, 0.25) is 5.15 Å². The van der Waals surface area contributed by atoms with Crippen LogP contribution in [-0.2, 0) is 6.61 Å². The minimum atomic E-state index is 0.401. The second kappa shape index (κ2) is 6.04. The molecular formula is C17H13BrClNO. The first-order chi connectivity index (χ1) is 10.1. The molecule has 0 saturated carbocycles. The molecule has 0 fully saturated rings. The van der Waals surface area contributed by atoms with Gasteiger partial charge in [0.2, 0.25) is 0 Å². The maximum absolute atomic E-state index is 6.23. The van der Waals surface area contributed by atoms with Crippen LogP contribution in [0, 0.1) is 6.92 Å². The van der Waals surface area contributed by atoms with E-state index in [0.29, 0.717) is 11.8 Å². The van der Waals surface area contributed by atoms with E-state index in [0.717, 1.165) is 32.3 Å². The van der Waals surface area contributed by atoms with E-state index in [1.165, 1.54) is 0 Å². The number of ether oxygens (including phenoxy) is 1. The van der Waals surface area contributed by atoms with E-state index in [9.17, 15) is 0 Å². The molecule has 1 aromatic heterocycles. The van der Waals surface area contributed by atoms with Gasteiger partial charge < -0.3 is 4.74 Å². The van der Waals surface area contributed by atoms with Crippen LogP contribution in [0.3, 0.4) is 0 Å². The first kappa shape index (κ1) is 14.4. The van der Waals surface area contributed by atoms with Crippen molar-refractivity contribution < 1.29 is 4.74 Å². The molecule has 3 aromatic rings. The Morgan fingerprint density at radius 3 is 2.76 bits per heavy atom. The number of nitrogens with zero attached hydrogens (tertiary/aromatic N) is 1. The molecule has 1 heterocycles. The molecule has 2 nitrogen and oxygen atoms in total. The van der Waals surface area contributed by atoms with E-state index >= 15 is 0 Å². The third kappa shape index (κ3) is 3.20. The highest BCUT2D eigenvalue weighted by molar-refractivity contribution is 9.10. The molecule has 4 heteroatoms. The Bertz CT molecular complexity index is 804. The largest absolute Gasteiger partial charge is 0.489 e. The van der Waals surface area contributed by atoms with Gasteiger partial charge in [-0.3, -0.25) is 0 Å². The highest BCUT2D eigenvalue weighted by Crippen LogP contribution is 2.25. The van der Waals surface area contributed by atoms with Crippen molar-refractivity contribution >= 4 is 38.4 Å². The van der Waals surface area contributed by atoms with Crippen molar-refractivity contribution in [3.8, 4) is 5.75 Å². The first-order valence-electron chi connectivity index (χ1n) is 6.56. The Kier molecular flexibility index (Phi) is 4.13. The monoisotopic (exact) mass is 361 g/mol. The second-order valence-corrected chi connectivity index (χ2v) is 6.04. The Morgan fingerprint density at radius 2 is 1.95 bits per heavy atom. The summed E-state index contributed by atoms with van der Waals surface area (Å²) >= 11 is 9.70. The molecule has 3 rings (SSSR count). The van der Waals surface area contributed by atoms with E-state index in [1.54, 1.807) is 0 Å². The van der Waals surface area contributed by atoms with E-state index in [-0.39, 0.29) is 0 Å². The summed E-state index contributed by atoms with van der Waals surface area (Å²) in [5.74, 6) is 0.819. The summed E-state index contributed by atoms with van der Waals surface area (Å²) < 4.78 is 6.88. The lowest BCUT2D eigenvalue weighted by molar-refractivity contribution is 0.306. The number of halogens is 2. The van der Waals surface area contributed by atoms with Crippen LogP contribution in [0.4, 0.5) is 0 Å². The lowest BCUT2D eigenvalue weighted by atomic mass is 10.2. The van der Waals surface area contributed by atoms with Gasteiger partial charge in [0, 0.05) is 15.4 Å². The Morgan fingerprint density at radius 1 is 1.14 bits per heavy atom. The quantitative estimate of drug-likeness (QED) is 0.571. The number of pyridine rings is 1. The minimum absolute atomic E-state index is 0.401. The average Bonchev–Trinajstić information content (AvgIpc) is 2.48. The highest BCUT2D eigenvalue weighted by atomic mass is 79.9. The van der Waals surface area contributed by atoms with Gasteiger partial charge >= 0.3 is 0 Å². The fourth-order valence-corrected chi connectivity index (χ4v) is 2.55. The summed E-state index contributed by atoms with van der Waals surface area (Å²) in [5, 5.41) is 1.55. The lowest BCUT2D eigenvalue weighted by Gasteiger charge is -2.10. The van der Waals surface area contributed by atoms with Crippen LogP contribution in [0.25, 0.3) is 10.9 Å². The van der Waals surface area contributed by atoms with Crippen molar-refractivity contribution in [3.05, 3.63) is 69.3 Å². The van der Waals surface area contributed by atoms with Gasteiger partial charge in [0.05, 0.1) is 5.52 Å². The molecule has 0 saturated heterocycles. The molecule has 0 aliphatic rings. The van der Waals surface area contributed by atoms with Crippen molar-refractivity contribution in [2.75, 3.05) is 0 Å². The van der Waals surface area contributed by atoms with Gasteiger partial charge in [0.25, 0.3) is 0 Å². The molecule has 0 aliphatic heterocycles. The van der Waals surface area contributed by atoms with Gasteiger partial charge in [-0.15, -0.1) is 0 Å². The number of para-hydroxylation sites is 1. The average molecular weight is 363 g/mol. The molecule has 0 N–H and O–H groups in total. The molecule has 21 heavy (non-hydrogen) atoms. The van der Waals surface area contributed by atoms with Crippen LogP contribution < -0.4 is 4.74 Å². The molecule has 0 radical (unpaired) electrons. The predicted molar refractivity (Wildman–Crippen MR) is 90.0 cm³/mol. The van der Waals surface area contributed by atoms with Crippen LogP contribution in [0.5, 0.6) is 5.75 Å². The highest BCUT2D eigenvalue weighted by Gasteiger charge is 2.06. The summed E-state index contributed by atoms with van der Waals surface area (Å²) in [7, 11) is 0. The number of rotatable bonds is 3. The van der Waals surface area contributed by atoms with Crippen LogP contribution >= 0.6 is 27.5 Å². The standard InChI is InChI=1S/C17H13BrClNO/c1-11-8-14(6-7-15(11)18)21-10-13-9-12-4-2-3-5-16(12)20-17(13)19/h2-9H,10H2,1H3. The smallest absolute Gasteiger partial charge is 0.136 e. The predicted octanol–water partition coefficient (Wildman–Crippen LogP) is 5.54. The van der Waals surface area contributed by atoms with Crippen molar-refractivity contribution in [1.29, 1.82) is 0 Å². The molecule has 0 amide bonds. The Hall–Kier alpha value is -1.58. The van der Waals surface area contributed by atoms with E-state index in [4.69, 9.17) is 16.3 Å². The topological polar surface area (TPSA) is 22.1 Å². The summed E-state index contributed by atoms with van der Waals surface area (Å²) in [6.07, 6.45) is 0. The third-order valence-corrected chi connectivity index (χ3v) is 4.49. The van der Waals surface area contributed by atoms with Crippen molar-refractivity contribution in [2.24, 2.45) is 0 Å². The Labute approximate surface area is 136 Å². The fraction of sp³-hybridized carbons (Fsp3) is 0.118. The molecule has 0 atom stereocenters. The number of aryl methyl sites for hydroxylation is 1. The maximum Gasteiger partial charge on any atom is 0.136 e. The third-order valence-electron chi connectivity index (χ3n) is 3.27. The molecule has 0 unspecified atom stereocenters. The van der Waals surface area contributed by atoms with Gasteiger partial charge in [-0.25, -0.2) is 4.98 Å². The fourth-order valence-electron chi connectivity index (χ4n) is 2.11. The van der Waals surface area contributed by atoms with Crippen LogP contribution in [-0.4, -0.2) is 4.98 Å². The SMILES string of the molecule is Cc1cc(OCc2cc3ccccc3nc2Cl)ccc1Br. The maximum atomic E-state index is 6.23. The molecular weight excluding hydrogens is 350 g/mol. The number of benzene rings is 2. The molecule has 106 valence electrons. The van der Waals surface area contributed by atoms with Gasteiger partial charge in [-0.2, -0.15) is 0 Å². The van der Waals surface area contributed by atoms with Crippen LogP contribution in [0.1, 0.15) is 11.1 Å². The number of hydrogen-bond acceptors (Lipinski definition) is 2. The van der Waals surface area contributed by atoms with Crippen molar-refractivity contribution in [2.45, 2.75) is 13.5 Å². The van der Waals surface area contributed by atoms with Crippen molar-refractivity contribution in [1.82, 2.24) is 4.98 Å². The summed E-state index contributed by atoms with van der Waals surface area (Å²) in [5.41, 5.74) is 2.91.